The van der Waals surface area contributed by atoms with Gasteiger partial charge in [0.1, 0.15) is 0 Å². The van der Waals surface area contributed by atoms with Crippen LogP contribution in [0.2, 0.25) is 0 Å². The molecule has 2 aliphatic heterocycles. The van der Waals surface area contributed by atoms with Gasteiger partial charge in [0.25, 0.3) is 11.8 Å². The second-order valence-electron chi connectivity index (χ2n) is 8.14. The molecule has 0 spiro atoms. The second-order valence-corrected chi connectivity index (χ2v) is 8.14. The van der Waals surface area contributed by atoms with Crippen LogP contribution >= 0.6 is 0 Å². The minimum absolute atomic E-state index is 0.0505. The van der Waals surface area contributed by atoms with Gasteiger partial charge in [0.2, 0.25) is 5.82 Å². The molecule has 2 fully saturated rings. The number of pyridine rings is 1. The van der Waals surface area contributed by atoms with Crippen molar-refractivity contribution < 1.29 is 14.3 Å². The average Bonchev–Trinajstić information content (AvgIpc) is 3.64. The minimum Gasteiger partial charge on any atom is -0.476 e. The smallest absolute Gasteiger partial charge is 0.288 e. The fourth-order valence-corrected chi connectivity index (χ4v) is 3.97. The summed E-state index contributed by atoms with van der Waals surface area (Å²) in [6, 6.07) is 1.91. The summed E-state index contributed by atoms with van der Waals surface area (Å²) in [6.45, 7) is 4.09. The molecule has 2 aromatic heterocycles. The molecule has 162 valence electrons. The highest BCUT2D eigenvalue weighted by Gasteiger charge is 2.41. The molecule has 4 heterocycles. The first-order valence-corrected chi connectivity index (χ1v) is 10.6. The lowest BCUT2D eigenvalue weighted by molar-refractivity contribution is -0.124. The van der Waals surface area contributed by atoms with Crippen molar-refractivity contribution in [2.45, 2.75) is 25.5 Å². The molecular formula is C21H25N7O3. The fraction of sp³-hybridized carbons (Fsp3) is 0.476. The Morgan fingerprint density at radius 3 is 2.58 bits per heavy atom. The number of piperazine rings is 1. The standard InChI is InChI=1S/C21H25N7O3/c1-22-21(30)19-24-9-15(10-25-19)28-6-4-27(5-7-28)12-14-8-16-17(11-23-14)31-18(13-2-3-13)20(29)26-16/h8-11,13,18H,2-7,12H2,1H3,(H,22,30)(H,26,29)/t18-/m0/s1. The van der Waals surface area contributed by atoms with Crippen LogP contribution in [0.25, 0.3) is 0 Å². The zero-order valence-corrected chi connectivity index (χ0v) is 17.4. The van der Waals surface area contributed by atoms with Gasteiger partial charge in [0.05, 0.1) is 35.7 Å². The third kappa shape index (κ3) is 4.15. The molecule has 1 saturated heterocycles. The predicted molar refractivity (Wildman–Crippen MR) is 113 cm³/mol. The summed E-state index contributed by atoms with van der Waals surface area (Å²) in [5.74, 6) is 0.826. The van der Waals surface area contributed by atoms with Gasteiger partial charge in [-0.05, 0) is 18.9 Å². The average molecular weight is 423 g/mol. The Morgan fingerprint density at radius 1 is 1.16 bits per heavy atom. The van der Waals surface area contributed by atoms with Crippen LogP contribution < -0.4 is 20.3 Å². The van der Waals surface area contributed by atoms with E-state index in [-0.39, 0.29) is 23.7 Å². The number of amides is 2. The normalized spacial score (nSPS) is 21.1. The lowest BCUT2D eigenvalue weighted by atomic mass is 10.1. The van der Waals surface area contributed by atoms with E-state index in [0.717, 1.165) is 50.4 Å². The number of aromatic nitrogens is 3. The van der Waals surface area contributed by atoms with Crippen molar-refractivity contribution in [3.8, 4) is 5.75 Å². The number of anilines is 2. The first-order valence-electron chi connectivity index (χ1n) is 10.6. The zero-order chi connectivity index (χ0) is 21.4. The van der Waals surface area contributed by atoms with Gasteiger partial charge in [-0.2, -0.15) is 0 Å². The number of nitrogens with one attached hydrogen (secondary N) is 2. The van der Waals surface area contributed by atoms with E-state index in [9.17, 15) is 9.59 Å². The van der Waals surface area contributed by atoms with Gasteiger partial charge < -0.3 is 20.3 Å². The van der Waals surface area contributed by atoms with E-state index in [1.54, 1.807) is 25.6 Å². The van der Waals surface area contributed by atoms with Crippen LogP contribution in [0.15, 0.2) is 24.7 Å². The Bertz CT molecular complexity index is 985. The largest absolute Gasteiger partial charge is 0.476 e. The summed E-state index contributed by atoms with van der Waals surface area (Å²) in [4.78, 5) is 41.2. The van der Waals surface area contributed by atoms with E-state index in [2.05, 4.69) is 35.4 Å². The van der Waals surface area contributed by atoms with E-state index in [0.29, 0.717) is 23.9 Å². The maximum Gasteiger partial charge on any atom is 0.288 e. The highest BCUT2D eigenvalue weighted by molar-refractivity contribution is 5.98. The van der Waals surface area contributed by atoms with E-state index in [1.165, 1.54) is 0 Å². The van der Waals surface area contributed by atoms with Gasteiger partial charge in [0.15, 0.2) is 11.9 Å². The lowest BCUT2D eigenvalue weighted by Crippen LogP contribution is -2.46. The van der Waals surface area contributed by atoms with E-state index >= 15 is 0 Å². The SMILES string of the molecule is CNC(=O)c1ncc(N2CCN(Cc3cc4c(cn3)O[C@@H](C3CC3)C(=O)N4)CC2)cn1. The Kier molecular flexibility index (Phi) is 5.14. The zero-order valence-electron chi connectivity index (χ0n) is 17.4. The highest BCUT2D eigenvalue weighted by Crippen LogP contribution is 2.39. The van der Waals surface area contributed by atoms with Crippen LogP contribution in [-0.2, 0) is 11.3 Å². The van der Waals surface area contributed by atoms with Crippen molar-refractivity contribution in [3.05, 3.63) is 36.2 Å². The number of hydrogen-bond donors (Lipinski definition) is 2. The van der Waals surface area contributed by atoms with Crippen LogP contribution in [0.3, 0.4) is 0 Å². The van der Waals surface area contributed by atoms with Crippen LogP contribution in [0.4, 0.5) is 11.4 Å². The first-order chi connectivity index (χ1) is 15.1. The summed E-state index contributed by atoms with van der Waals surface area (Å²) in [5.41, 5.74) is 2.52. The van der Waals surface area contributed by atoms with Gasteiger partial charge >= 0.3 is 0 Å². The van der Waals surface area contributed by atoms with E-state index < -0.39 is 0 Å². The van der Waals surface area contributed by atoms with Gasteiger partial charge in [-0.1, -0.05) is 0 Å². The number of hydrogen-bond acceptors (Lipinski definition) is 8. The van der Waals surface area contributed by atoms with Gasteiger partial charge in [-0.15, -0.1) is 0 Å². The summed E-state index contributed by atoms with van der Waals surface area (Å²) in [7, 11) is 1.56. The second kappa shape index (κ2) is 8.10. The van der Waals surface area contributed by atoms with Gasteiger partial charge in [-0.3, -0.25) is 19.5 Å². The van der Waals surface area contributed by atoms with Crippen molar-refractivity contribution in [2.24, 2.45) is 5.92 Å². The topological polar surface area (TPSA) is 113 Å². The van der Waals surface area contributed by atoms with Crippen molar-refractivity contribution in [3.63, 3.8) is 0 Å². The molecule has 1 saturated carbocycles. The van der Waals surface area contributed by atoms with Crippen LogP contribution in [0.1, 0.15) is 29.2 Å². The third-order valence-corrected chi connectivity index (χ3v) is 5.94. The quantitative estimate of drug-likeness (QED) is 0.721. The van der Waals surface area contributed by atoms with Crippen LogP contribution in [0.5, 0.6) is 5.75 Å². The van der Waals surface area contributed by atoms with Crippen molar-refractivity contribution in [1.29, 1.82) is 0 Å². The number of carbonyl (C=O) groups excluding carboxylic acids is 2. The lowest BCUT2D eigenvalue weighted by Gasteiger charge is -2.35. The molecule has 31 heavy (non-hydrogen) atoms. The van der Waals surface area contributed by atoms with Crippen LogP contribution in [-0.4, -0.2) is 71.0 Å². The van der Waals surface area contributed by atoms with Crippen molar-refractivity contribution >= 4 is 23.2 Å². The highest BCUT2D eigenvalue weighted by atomic mass is 16.5. The molecule has 1 atom stereocenters. The fourth-order valence-electron chi connectivity index (χ4n) is 3.97. The summed E-state index contributed by atoms with van der Waals surface area (Å²) < 4.78 is 5.87. The summed E-state index contributed by atoms with van der Waals surface area (Å²) in [5, 5.41) is 5.50. The number of carbonyl (C=O) groups is 2. The van der Waals surface area contributed by atoms with E-state index in [1.807, 2.05) is 6.07 Å². The third-order valence-electron chi connectivity index (χ3n) is 5.94. The summed E-state index contributed by atoms with van der Waals surface area (Å²) >= 11 is 0. The molecular weight excluding hydrogens is 398 g/mol. The van der Waals surface area contributed by atoms with Gasteiger partial charge in [0, 0.05) is 45.7 Å². The molecule has 1 aliphatic carbocycles. The van der Waals surface area contributed by atoms with Crippen molar-refractivity contribution in [1.82, 2.24) is 25.2 Å². The molecule has 3 aliphatic rings. The molecule has 2 amide bonds. The number of fused-ring (bicyclic) bond motifs is 1. The Hall–Kier alpha value is -3.27. The predicted octanol–water partition coefficient (Wildman–Crippen LogP) is 0.663. The van der Waals surface area contributed by atoms with Gasteiger partial charge in [-0.25, -0.2) is 9.97 Å². The number of ether oxygens (including phenoxy) is 1. The maximum atomic E-state index is 12.3. The van der Waals surface area contributed by atoms with Crippen molar-refractivity contribution in [2.75, 3.05) is 43.4 Å². The maximum absolute atomic E-state index is 12.3. The molecule has 5 rings (SSSR count). The van der Waals surface area contributed by atoms with Crippen LogP contribution in [0, 0.1) is 5.92 Å². The number of nitrogens with zero attached hydrogens (tertiary/aromatic N) is 5. The monoisotopic (exact) mass is 423 g/mol. The molecule has 2 aromatic rings. The molecule has 0 radical (unpaired) electrons. The Morgan fingerprint density at radius 2 is 1.90 bits per heavy atom. The Balaban J connectivity index is 1.17. The molecule has 0 bridgehead atoms. The Labute approximate surface area is 180 Å². The molecule has 10 heteroatoms. The molecule has 10 nitrogen and oxygen atoms in total. The molecule has 2 N–H and O–H groups in total. The molecule has 0 unspecified atom stereocenters. The number of rotatable bonds is 5. The van der Waals surface area contributed by atoms with E-state index in [4.69, 9.17) is 4.74 Å². The summed E-state index contributed by atoms with van der Waals surface area (Å²) in [6.07, 6.45) is 6.83. The minimum atomic E-state index is -0.373. The molecule has 0 aromatic carbocycles. The first kappa shape index (κ1) is 19.7.